The molecular formula is C9H13N3O3S. The number of carboxylic acids is 1. The van der Waals surface area contributed by atoms with E-state index in [1.54, 1.807) is 0 Å². The second kappa shape index (κ2) is 5.57. The fourth-order valence-electron chi connectivity index (χ4n) is 1.25. The largest absolute Gasteiger partial charge is 0.480 e. The number of thiazole rings is 1. The Hall–Kier alpha value is -1.47. The van der Waals surface area contributed by atoms with Crippen LogP contribution in [-0.2, 0) is 16.1 Å². The standard InChI is InChI=1S/C9H13N3O3S/c1-6-5-16-8(11-6)3-12(2-7(10)13)4-9(14)15/h5H,2-4H2,1H3,(H2,10,13)(H,14,15). The van der Waals surface area contributed by atoms with Crippen molar-refractivity contribution in [2.45, 2.75) is 13.5 Å². The molecule has 1 amide bonds. The third-order valence-electron chi connectivity index (χ3n) is 1.76. The maximum atomic E-state index is 10.8. The van der Waals surface area contributed by atoms with E-state index in [4.69, 9.17) is 10.8 Å². The fraction of sp³-hybridized carbons (Fsp3) is 0.444. The number of aryl methyl sites for hydroxylation is 1. The second-order valence-corrected chi connectivity index (χ2v) is 4.33. The molecule has 0 unspecified atom stereocenters. The number of nitrogens with two attached hydrogens (primary N) is 1. The zero-order chi connectivity index (χ0) is 12.1. The lowest BCUT2D eigenvalue weighted by molar-refractivity contribution is -0.138. The third-order valence-corrected chi connectivity index (χ3v) is 2.72. The zero-order valence-corrected chi connectivity index (χ0v) is 9.66. The van der Waals surface area contributed by atoms with E-state index in [2.05, 4.69) is 4.98 Å². The molecule has 0 radical (unpaired) electrons. The van der Waals surface area contributed by atoms with Crippen LogP contribution in [0.5, 0.6) is 0 Å². The molecule has 3 N–H and O–H groups in total. The first kappa shape index (κ1) is 12.6. The summed E-state index contributed by atoms with van der Waals surface area (Å²) in [5, 5.41) is 11.3. The number of primary amides is 1. The number of carbonyl (C=O) groups is 2. The minimum Gasteiger partial charge on any atom is -0.480 e. The van der Waals surface area contributed by atoms with Gasteiger partial charge in [0.25, 0.3) is 0 Å². The zero-order valence-electron chi connectivity index (χ0n) is 8.84. The van der Waals surface area contributed by atoms with Crippen molar-refractivity contribution in [2.75, 3.05) is 13.1 Å². The molecule has 1 rings (SSSR count). The summed E-state index contributed by atoms with van der Waals surface area (Å²) in [6, 6.07) is 0. The molecule has 88 valence electrons. The predicted octanol–water partition coefficient (Wildman–Crippen LogP) is -0.177. The van der Waals surface area contributed by atoms with Gasteiger partial charge in [-0.3, -0.25) is 14.5 Å². The number of nitrogens with zero attached hydrogens (tertiary/aromatic N) is 2. The highest BCUT2D eigenvalue weighted by Crippen LogP contribution is 2.11. The molecule has 16 heavy (non-hydrogen) atoms. The minimum atomic E-state index is -0.991. The number of aliphatic carboxylic acids is 1. The van der Waals surface area contributed by atoms with Gasteiger partial charge in [0.2, 0.25) is 5.91 Å². The van der Waals surface area contributed by atoms with Gasteiger partial charge in [0, 0.05) is 11.1 Å². The van der Waals surface area contributed by atoms with Gasteiger partial charge in [0.1, 0.15) is 5.01 Å². The first-order valence-electron chi connectivity index (χ1n) is 4.61. The number of aromatic nitrogens is 1. The number of carboxylic acid groups (broad SMARTS) is 1. The van der Waals surface area contributed by atoms with Crippen LogP contribution in [-0.4, -0.2) is 40.0 Å². The molecule has 7 heteroatoms. The van der Waals surface area contributed by atoms with Crippen LogP contribution in [0.4, 0.5) is 0 Å². The molecule has 1 aromatic heterocycles. The van der Waals surface area contributed by atoms with Gasteiger partial charge in [-0.1, -0.05) is 0 Å². The topological polar surface area (TPSA) is 96.5 Å². The number of carbonyl (C=O) groups excluding carboxylic acids is 1. The Morgan fingerprint density at radius 3 is 2.69 bits per heavy atom. The molecule has 0 fully saturated rings. The van der Waals surface area contributed by atoms with Crippen LogP contribution in [0.2, 0.25) is 0 Å². The lowest BCUT2D eigenvalue weighted by Crippen LogP contribution is -2.36. The maximum absolute atomic E-state index is 10.8. The van der Waals surface area contributed by atoms with Crippen molar-refractivity contribution in [2.24, 2.45) is 5.73 Å². The maximum Gasteiger partial charge on any atom is 0.317 e. The van der Waals surface area contributed by atoms with E-state index in [9.17, 15) is 9.59 Å². The lowest BCUT2D eigenvalue weighted by atomic mass is 10.4. The monoisotopic (exact) mass is 243 g/mol. The van der Waals surface area contributed by atoms with E-state index in [1.165, 1.54) is 16.2 Å². The van der Waals surface area contributed by atoms with E-state index in [1.807, 2.05) is 12.3 Å². The van der Waals surface area contributed by atoms with Crippen molar-refractivity contribution in [3.63, 3.8) is 0 Å². The molecule has 0 aliphatic heterocycles. The summed E-state index contributed by atoms with van der Waals surface area (Å²) in [4.78, 5) is 27.0. The molecule has 1 heterocycles. The third kappa shape index (κ3) is 4.37. The van der Waals surface area contributed by atoms with Crippen LogP contribution in [0.15, 0.2) is 5.38 Å². The summed E-state index contributed by atoms with van der Waals surface area (Å²) in [5.41, 5.74) is 5.92. The van der Waals surface area contributed by atoms with Crippen molar-refractivity contribution in [3.05, 3.63) is 16.1 Å². The number of hydrogen-bond donors (Lipinski definition) is 2. The lowest BCUT2D eigenvalue weighted by Gasteiger charge is -2.16. The SMILES string of the molecule is Cc1csc(CN(CC(N)=O)CC(=O)O)n1. The molecule has 0 saturated heterocycles. The van der Waals surface area contributed by atoms with Gasteiger partial charge in [-0.15, -0.1) is 11.3 Å². The Labute approximate surface area is 96.7 Å². The summed E-state index contributed by atoms with van der Waals surface area (Å²) in [6.45, 7) is 1.88. The molecule has 6 nitrogen and oxygen atoms in total. The number of amides is 1. The van der Waals surface area contributed by atoms with Crippen molar-refractivity contribution in [3.8, 4) is 0 Å². The van der Waals surface area contributed by atoms with Crippen molar-refractivity contribution in [1.82, 2.24) is 9.88 Å². The van der Waals surface area contributed by atoms with E-state index in [0.717, 1.165) is 10.7 Å². The Bertz CT molecular complexity index is 375. The molecule has 0 aliphatic carbocycles. The highest BCUT2D eigenvalue weighted by molar-refractivity contribution is 7.09. The van der Waals surface area contributed by atoms with Gasteiger partial charge < -0.3 is 10.8 Å². The van der Waals surface area contributed by atoms with Gasteiger partial charge >= 0.3 is 5.97 Å². The molecule has 0 bridgehead atoms. The van der Waals surface area contributed by atoms with Crippen LogP contribution in [0.25, 0.3) is 0 Å². The number of rotatable bonds is 6. The Kier molecular flexibility index (Phi) is 4.39. The normalized spacial score (nSPS) is 10.6. The van der Waals surface area contributed by atoms with Crippen LogP contribution < -0.4 is 5.73 Å². The van der Waals surface area contributed by atoms with Gasteiger partial charge in [-0.25, -0.2) is 4.98 Å². The van der Waals surface area contributed by atoms with E-state index in [-0.39, 0.29) is 13.1 Å². The van der Waals surface area contributed by atoms with Gasteiger partial charge in [-0.2, -0.15) is 0 Å². The van der Waals surface area contributed by atoms with Gasteiger partial charge in [-0.05, 0) is 6.92 Å². The second-order valence-electron chi connectivity index (χ2n) is 3.39. The summed E-state index contributed by atoms with van der Waals surface area (Å²) in [6.07, 6.45) is 0. The molecule has 0 saturated carbocycles. The first-order chi connectivity index (χ1) is 7.47. The number of hydrogen-bond acceptors (Lipinski definition) is 5. The summed E-state index contributed by atoms with van der Waals surface area (Å²) in [5.74, 6) is -1.54. The quantitative estimate of drug-likeness (QED) is 0.722. The molecule has 0 aliphatic rings. The fourth-order valence-corrected chi connectivity index (χ4v) is 2.06. The van der Waals surface area contributed by atoms with E-state index >= 15 is 0 Å². The average Bonchev–Trinajstić information content (AvgIpc) is 2.48. The summed E-state index contributed by atoms with van der Waals surface area (Å²) in [7, 11) is 0. The minimum absolute atomic E-state index is 0.0784. The smallest absolute Gasteiger partial charge is 0.317 e. The van der Waals surface area contributed by atoms with E-state index in [0.29, 0.717) is 6.54 Å². The Morgan fingerprint density at radius 2 is 2.25 bits per heavy atom. The highest BCUT2D eigenvalue weighted by Gasteiger charge is 2.14. The van der Waals surface area contributed by atoms with Crippen molar-refractivity contribution in [1.29, 1.82) is 0 Å². The average molecular weight is 243 g/mol. The predicted molar refractivity (Wildman–Crippen MR) is 59.0 cm³/mol. The molecule has 1 aromatic rings. The van der Waals surface area contributed by atoms with E-state index < -0.39 is 11.9 Å². The first-order valence-corrected chi connectivity index (χ1v) is 5.49. The van der Waals surface area contributed by atoms with Crippen LogP contribution >= 0.6 is 11.3 Å². The molecule has 0 atom stereocenters. The Morgan fingerprint density at radius 1 is 1.56 bits per heavy atom. The summed E-state index contributed by atoms with van der Waals surface area (Å²) >= 11 is 1.43. The highest BCUT2D eigenvalue weighted by atomic mass is 32.1. The molecule has 0 aromatic carbocycles. The molecule has 0 spiro atoms. The van der Waals surface area contributed by atoms with Crippen LogP contribution in [0.3, 0.4) is 0 Å². The summed E-state index contributed by atoms with van der Waals surface area (Å²) < 4.78 is 0. The van der Waals surface area contributed by atoms with Crippen LogP contribution in [0.1, 0.15) is 10.7 Å². The Balaban J connectivity index is 2.62. The molecular weight excluding hydrogens is 230 g/mol. The van der Waals surface area contributed by atoms with Crippen LogP contribution in [0, 0.1) is 6.92 Å². The van der Waals surface area contributed by atoms with Gasteiger partial charge in [0.15, 0.2) is 0 Å². The van der Waals surface area contributed by atoms with Gasteiger partial charge in [0.05, 0.1) is 19.6 Å². The van der Waals surface area contributed by atoms with Crippen molar-refractivity contribution < 1.29 is 14.7 Å². The van der Waals surface area contributed by atoms with Crippen molar-refractivity contribution >= 4 is 23.2 Å².